The summed E-state index contributed by atoms with van der Waals surface area (Å²) in [5.74, 6) is 0.646. The minimum absolute atomic E-state index is 0.0427. The normalized spacial score (nSPS) is 11.0. The van der Waals surface area contributed by atoms with Gasteiger partial charge in [0.1, 0.15) is 0 Å². The van der Waals surface area contributed by atoms with Crippen LogP contribution in [0, 0.1) is 13.8 Å². The van der Waals surface area contributed by atoms with Gasteiger partial charge in [0, 0.05) is 25.1 Å². The highest BCUT2D eigenvalue weighted by Crippen LogP contribution is 2.34. The lowest BCUT2D eigenvalue weighted by atomic mass is 10.1. The molecule has 0 atom stereocenters. The number of hydrogen-bond acceptors (Lipinski definition) is 5. The van der Waals surface area contributed by atoms with Crippen molar-refractivity contribution in [2.75, 3.05) is 4.90 Å². The fourth-order valence-electron chi connectivity index (χ4n) is 3.39. The van der Waals surface area contributed by atoms with Crippen LogP contribution in [-0.2, 0) is 17.6 Å². The van der Waals surface area contributed by atoms with Crippen molar-refractivity contribution in [3.8, 4) is 11.3 Å². The summed E-state index contributed by atoms with van der Waals surface area (Å²) in [5, 5.41) is 3.65. The summed E-state index contributed by atoms with van der Waals surface area (Å²) in [6.07, 6.45) is 1.90. The van der Waals surface area contributed by atoms with Gasteiger partial charge in [-0.2, -0.15) is 0 Å². The topological polar surface area (TPSA) is 51.0 Å². The average Bonchev–Trinajstić information content (AvgIpc) is 3.37. The first kappa shape index (κ1) is 21.3. The minimum Gasteiger partial charge on any atom is -0.322 e. The predicted octanol–water partition coefficient (Wildman–Crippen LogP) is 6.14. The number of aryl methyl sites for hydroxylation is 1. The highest BCUT2D eigenvalue weighted by atomic mass is 32.2. The number of aromatic nitrogens is 3. The van der Waals surface area contributed by atoms with Crippen LogP contribution in [-0.4, -0.2) is 20.4 Å². The largest absolute Gasteiger partial charge is 0.322 e. The molecule has 7 heteroatoms. The lowest BCUT2D eigenvalue weighted by molar-refractivity contribution is -0.115. The van der Waals surface area contributed by atoms with Crippen molar-refractivity contribution in [3.05, 3.63) is 76.9 Å². The standard InChI is InChI=1S/C24H24N4OS2/c1-16-9-8-12-21(17(16)2)28(18(3)29)24-26-20(15-31-24)14-30-23-25-13-22(27(23)4)19-10-6-5-7-11-19/h5-13,15H,14H2,1-4H3. The molecule has 0 bridgehead atoms. The second-order valence-corrected chi connectivity index (χ2v) is 9.11. The van der Waals surface area contributed by atoms with E-state index < -0.39 is 0 Å². The van der Waals surface area contributed by atoms with Crippen molar-refractivity contribution in [2.45, 2.75) is 31.7 Å². The molecule has 5 nitrogen and oxygen atoms in total. The van der Waals surface area contributed by atoms with Crippen LogP contribution in [0.5, 0.6) is 0 Å². The van der Waals surface area contributed by atoms with Gasteiger partial charge in [0.05, 0.1) is 23.3 Å². The van der Waals surface area contributed by atoms with Crippen LogP contribution in [0.2, 0.25) is 0 Å². The molecule has 31 heavy (non-hydrogen) atoms. The Morgan fingerprint density at radius 3 is 2.65 bits per heavy atom. The van der Waals surface area contributed by atoms with Crippen LogP contribution >= 0.6 is 23.1 Å². The van der Waals surface area contributed by atoms with E-state index in [1.54, 1.807) is 23.6 Å². The molecule has 0 spiro atoms. The first-order chi connectivity index (χ1) is 15.0. The first-order valence-corrected chi connectivity index (χ1v) is 11.8. The van der Waals surface area contributed by atoms with Gasteiger partial charge in [0.25, 0.3) is 0 Å². The maximum Gasteiger partial charge on any atom is 0.230 e. The summed E-state index contributed by atoms with van der Waals surface area (Å²) in [6, 6.07) is 16.2. The number of imidazole rings is 1. The van der Waals surface area contributed by atoms with Gasteiger partial charge in [0.15, 0.2) is 10.3 Å². The van der Waals surface area contributed by atoms with Crippen molar-refractivity contribution in [3.63, 3.8) is 0 Å². The maximum absolute atomic E-state index is 12.5. The Hall–Kier alpha value is -2.90. The first-order valence-electron chi connectivity index (χ1n) is 9.97. The molecular weight excluding hydrogens is 424 g/mol. The lowest BCUT2D eigenvalue weighted by Crippen LogP contribution is -2.23. The van der Waals surface area contributed by atoms with E-state index in [0.29, 0.717) is 10.9 Å². The van der Waals surface area contributed by atoms with Crippen molar-refractivity contribution < 1.29 is 4.79 Å². The molecule has 0 saturated heterocycles. The lowest BCUT2D eigenvalue weighted by Gasteiger charge is -2.21. The molecule has 1 amide bonds. The smallest absolute Gasteiger partial charge is 0.230 e. The summed E-state index contributed by atoms with van der Waals surface area (Å²) in [5.41, 5.74) is 6.29. The van der Waals surface area contributed by atoms with Crippen molar-refractivity contribution in [2.24, 2.45) is 7.05 Å². The van der Waals surface area contributed by atoms with Gasteiger partial charge in [-0.15, -0.1) is 11.3 Å². The quantitative estimate of drug-likeness (QED) is 0.333. The number of benzene rings is 2. The second-order valence-electron chi connectivity index (χ2n) is 7.33. The second kappa shape index (κ2) is 9.08. The molecule has 0 aliphatic carbocycles. The molecule has 2 aromatic heterocycles. The summed E-state index contributed by atoms with van der Waals surface area (Å²) >= 11 is 3.13. The summed E-state index contributed by atoms with van der Waals surface area (Å²) < 4.78 is 2.10. The Bertz CT molecular complexity index is 1210. The van der Waals surface area contributed by atoms with Gasteiger partial charge in [-0.3, -0.25) is 9.69 Å². The Kier molecular flexibility index (Phi) is 6.25. The monoisotopic (exact) mass is 448 g/mol. The van der Waals surface area contributed by atoms with E-state index in [4.69, 9.17) is 4.98 Å². The molecule has 0 N–H and O–H groups in total. The molecule has 0 saturated carbocycles. The zero-order valence-corrected chi connectivity index (χ0v) is 19.6. The van der Waals surface area contributed by atoms with Crippen molar-refractivity contribution in [1.82, 2.24) is 14.5 Å². The van der Waals surface area contributed by atoms with E-state index in [2.05, 4.69) is 34.7 Å². The minimum atomic E-state index is -0.0427. The van der Waals surface area contributed by atoms with Crippen LogP contribution in [0.25, 0.3) is 11.3 Å². The van der Waals surface area contributed by atoms with E-state index in [1.807, 2.05) is 55.9 Å². The molecule has 0 radical (unpaired) electrons. The third kappa shape index (κ3) is 4.43. The predicted molar refractivity (Wildman–Crippen MR) is 129 cm³/mol. The molecule has 158 valence electrons. The average molecular weight is 449 g/mol. The van der Waals surface area contributed by atoms with Gasteiger partial charge < -0.3 is 4.57 Å². The van der Waals surface area contributed by atoms with Gasteiger partial charge >= 0.3 is 0 Å². The molecule has 0 unspecified atom stereocenters. The molecule has 2 aromatic carbocycles. The molecule has 0 aliphatic rings. The summed E-state index contributed by atoms with van der Waals surface area (Å²) in [7, 11) is 2.03. The number of thiazole rings is 1. The number of nitrogens with zero attached hydrogens (tertiary/aromatic N) is 4. The van der Waals surface area contributed by atoms with E-state index in [-0.39, 0.29) is 5.91 Å². The van der Waals surface area contributed by atoms with Crippen LogP contribution in [0.4, 0.5) is 10.8 Å². The van der Waals surface area contributed by atoms with Gasteiger partial charge in [-0.05, 0) is 36.6 Å². The maximum atomic E-state index is 12.5. The van der Waals surface area contributed by atoms with Gasteiger partial charge in [0.2, 0.25) is 5.91 Å². The number of rotatable bonds is 6. The van der Waals surface area contributed by atoms with Gasteiger partial charge in [-0.25, -0.2) is 9.97 Å². The van der Waals surface area contributed by atoms with Crippen LogP contribution in [0.15, 0.2) is 65.3 Å². The molecule has 4 rings (SSSR count). The SMILES string of the molecule is CC(=O)N(c1nc(CSc2ncc(-c3ccccc3)n2C)cs1)c1cccc(C)c1C. The number of hydrogen-bond donors (Lipinski definition) is 0. The van der Waals surface area contributed by atoms with E-state index >= 15 is 0 Å². The highest BCUT2D eigenvalue weighted by Gasteiger charge is 2.20. The highest BCUT2D eigenvalue weighted by molar-refractivity contribution is 7.98. The van der Waals surface area contributed by atoms with Crippen LogP contribution in [0.3, 0.4) is 0 Å². The van der Waals surface area contributed by atoms with Crippen molar-refractivity contribution >= 4 is 39.8 Å². The summed E-state index contributed by atoms with van der Waals surface area (Å²) in [4.78, 5) is 23.5. The Morgan fingerprint density at radius 2 is 1.90 bits per heavy atom. The molecule has 0 aliphatic heterocycles. The molecule has 2 heterocycles. The van der Waals surface area contributed by atoms with E-state index in [1.165, 1.54) is 11.3 Å². The van der Waals surface area contributed by atoms with Crippen LogP contribution < -0.4 is 4.90 Å². The molecule has 4 aromatic rings. The number of thioether (sulfide) groups is 1. The zero-order valence-electron chi connectivity index (χ0n) is 18.0. The van der Waals surface area contributed by atoms with E-state index in [9.17, 15) is 4.79 Å². The fourth-order valence-corrected chi connectivity index (χ4v) is 5.22. The zero-order chi connectivity index (χ0) is 22.0. The Balaban J connectivity index is 1.52. The number of anilines is 2. The third-order valence-corrected chi connectivity index (χ3v) is 7.18. The third-order valence-electron chi connectivity index (χ3n) is 5.23. The fraction of sp³-hybridized carbons (Fsp3) is 0.208. The Morgan fingerprint density at radius 1 is 1.13 bits per heavy atom. The van der Waals surface area contributed by atoms with Crippen molar-refractivity contribution in [1.29, 1.82) is 0 Å². The van der Waals surface area contributed by atoms with Gasteiger partial charge in [-0.1, -0.05) is 54.2 Å². The number of carbonyl (C=O) groups is 1. The number of carbonyl (C=O) groups excluding carboxylic acids is 1. The summed E-state index contributed by atoms with van der Waals surface area (Å²) in [6.45, 7) is 5.67. The van der Waals surface area contributed by atoms with E-state index in [0.717, 1.165) is 38.9 Å². The van der Waals surface area contributed by atoms with Crippen LogP contribution in [0.1, 0.15) is 23.7 Å². The molecule has 0 fully saturated rings. The molecular formula is C24H24N4OS2. The number of amides is 1. The Labute approximate surface area is 190 Å².